The molecule has 0 bridgehead atoms. The zero-order valence-electron chi connectivity index (χ0n) is 14.9. The summed E-state index contributed by atoms with van der Waals surface area (Å²) in [5.74, 6) is -0.477. The average Bonchev–Trinajstić information content (AvgIpc) is 2.76. The van der Waals surface area contributed by atoms with Gasteiger partial charge in [-0.1, -0.05) is 31.6 Å². The van der Waals surface area contributed by atoms with Gasteiger partial charge in [0.15, 0.2) is 5.82 Å². The molecule has 1 fully saturated rings. The molecule has 0 saturated carbocycles. The predicted molar refractivity (Wildman–Crippen MR) is 97.7 cm³/mol. The summed E-state index contributed by atoms with van der Waals surface area (Å²) in [5.41, 5.74) is 2.05. The van der Waals surface area contributed by atoms with Crippen molar-refractivity contribution in [3.8, 4) is 0 Å². The van der Waals surface area contributed by atoms with Gasteiger partial charge in [-0.2, -0.15) is 0 Å². The second kappa shape index (κ2) is 6.31. The summed E-state index contributed by atoms with van der Waals surface area (Å²) in [6.07, 6.45) is 4.88. The Hall–Kier alpha value is -1.69. The van der Waals surface area contributed by atoms with Gasteiger partial charge in [0.05, 0.1) is 17.4 Å². The van der Waals surface area contributed by atoms with E-state index in [0.717, 1.165) is 12.8 Å². The maximum atomic E-state index is 14.3. The third-order valence-corrected chi connectivity index (χ3v) is 8.69. The Morgan fingerprint density at radius 2 is 2.08 bits per heavy atom. The van der Waals surface area contributed by atoms with Crippen LogP contribution in [0.4, 0.5) is 4.39 Å². The lowest BCUT2D eigenvalue weighted by atomic mass is 10.1. The number of carbonyl (C=O) groups is 1. The van der Waals surface area contributed by atoms with Gasteiger partial charge in [-0.15, -0.1) is 0 Å². The third-order valence-electron chi connectivity index (χ3n) is 5.34. The van der Waals surface area contributed by atoms with Gasteiger partial charge in [-0.3, -0.25) is 9.78 Å². The van der Waals surface area contributed by atoms with E-state index in [1.54, 1.807) is 20.0 Å². The Kier molecular flexibility index (Phi) is 4.51. The molecule has 2 N–H and O–H groups in total. The first-order chi connectivity index (χ1) is 11.3. The van der Waals surface area contributed by atoms with Crippen molar-refractivity contribution in [2.24, 2.45) is 0 Å². The number of aryl methyl sites for hydroxylation is 2. The van der Waals surface area contributed by atoms with E-state index < -0.39 is 8.07 Å². The van der Waals surface area contributed by atoms with Crippen LogP contribution in [0.1, 0.15) is 41.0 Å². The normalized spacial score (nSPS) is 20.8. The molecule has 6 heteroatoms. The lowest BCUT2D eigenvalue weighted by molar-refractivity contribution is 0.0929. The van der Waals surface area contributed by atoms with E-state index in [4.69, 9.17) is 0 Å². The molecule has 2 aromatic rings. The summed E-state index contributed by atoms with van der Waals surface area (Å²) in [6, 6.07) is 2.81. The summed E-state index contributed by atoms with van der Waals surface area (Å²) < 4.78 is 14.3. The highest BCUT2D eigenvalue weighted by molar-refractivity contribution is 6.77. The van der Waals surface area contributed by atoms with Crippen LogP contribution in [0.5, 0.6) is 0 Å². The van der Waals surface area contributed by atoms with Gasteiger partial charge in [0.25, 0.3) is 5.91 Å². The van der Waals surface area contributed by atoms with Crippen LogP contribution in [0, 0.1) is 19.7 Å². The third kappa shape index (κ3) is 3.24. The zero-order chi connectivity index (χ0) is 17.5. The number of nitrogens with zero attached hydrogens (tertiary/aromatic N) is 1. The Morgan fingerprint density at radius 3 is 2.83 bits per heavy atom. The van der Waals surface area contributed by atoms with E-state index in [9.17, 15) is 9.18 Å². The first-order valence-electron chi connectivity index (χ1n) is 8.73. The van der Waals surface area contributed by atoms with Crippen molar-refractivity contribution < 1.29 is 9.18 Å². The molecule has 0 radical (unpaired) electrons. The first kappa shape index (κ1) is 17.1. The van der Waals surface area contributed by atoms with Crippen LogP contribution in [0.15, 0.2) is 6.20 Å². The standard InChI is InChI=1S/C18H26FN3OSi/c1-11-15-14(10-20-12(2)16(15)19)22-17(11)18(23)21-13-6-5-8-24(3,4)9-7-13/h10,13,22H,5-9H2,1-4H3,(H,21,23). The summed E-state index contributed by atoms with van der Waals surface area (Å²) >= 11 is 0. The first-order valence-corrected chi connectivity index (χ1v) is 12.1. The number of H-pyrrole nitrogens is 1. The maximum absolute atomic E-state index is 14.3. The Balaban J connectivity index is 1.82. The highest BCUT2D eigenvalue weighted by Crippen LogP contribution is 2.28. The molecule has 0 aromatic carbocycles. The molecule has 0 aliphatic carbocycles. The molecule has 1 amide bonds. The number of aromatic amines is 1. The predicted octanol–water partition coefficient (Wildman–Crippen LogP) is 4.31. The molecule has 24 heavy (non-hydrogen) atoms. The minimum absolute atomic E-state index is 0.132. The second-order valence-electron chi connectivity index (χ2n) is 7.84. The molecule has 0 spiro atoms. The van der Waals surface area contributed by atoms with Gasteiger partial charge in [0, 0.05) is 19.5 Å². The molecule has 130 valence electrons. The molecule has 1 saturated heterocycles. The van der Waals surface area contributed by atoms with Crippen molar-refractivity contribution in [1.82, 2.24) is 15.3 Å². The lowest BCUT2D eigenvalue weighted by Crippen LogP contribution is -2.35. The van der Waals surface area contributed by atoms with Gasteiger partial charge in [-0.25, -0.2) is 4.39 Å². The number of pyridine rings is 1. The summed E-state index contributed by atoms with van der Waals surface area (Å²) in [7, 11) is -1.08. The largest absolute Gasteiger partial charge is 0.349 e. The van der Waals surface area contributed by atoms with Gasteiger partial charge < -0.3 is 10.3 Å². The van der Waals surface area contributed by atoms with E-state index in [-0.39, 0.29) is 17.8 Å². The number of halogens is 1. The van der Waals surface area contributed by atoms with Crippen molar-refractivity contribution in [3.63, 3.8) is 0 Å². The zero-order valence-corrected chi connectivity index (χ0v) is 15.9. The van der Waals surface area contributed by atoms with Crippen LogP contribution in [0.2, 0.25) is 25.2 Å². The number of amides is 1. The fourth-order valence-electron chi connectivity index (χ4n) is 3.69. The second-order valence-corrected chi connectivity index (χ2v) is 13.2. The number of carbonyl (C=O) groups excluding carboxylic acids is 1. The number of rotatable bonds is 2. The fourth-order valence-corrected chi connectivity index (χ4v) is 6.23. The van der Waals surface area contributed by atoms with Crippen LogP contribution in [0.25, 0.3) is 10.9 Å². The summed E-state index contributed by atoms with van der Waals surface area (Å²) in [4.78, 5) is 19.8. The van der Waals surface area contributed by atoms with Crippen molar-refractivity contribution >= 4 is 24.9 Å². The minimum Gasteiger partial charge on any atom is -0.349 e. The van der Waals surface area contributed by atoms with Crippen LogP contribution >= 0.6 is 0 Å². The number of hydrogen-bond donors (Lipinski definition) is 2. The number of aromatic nitrogens is 2. The van der Waals surface area contributed by atoms with E-state index in [1.165, 1.54) is 18.5 Å². The Bertz CT molecular complexity index is 784. The molecule has 3 rings (SSSR count). The number of hydrogen-bond acceptors (Lipinski definition) is 2. The van der Waals surface area contributed by atoms with E-state index >= 15 is 0 Å². The molecule has 1 aliphatic rings. The van der Waals surface area contributed by atoms with Crippen molar-refractivity contribution in [3.05, 3.63) is 29.0 Å². The van der Waals surface area contributed by atoms with Crippen LogP contribution in [-0.2, 0) is 0 Å². The smallest absolute Gasteiger partial charge is 0.268 e. The Morgan fingerprint density at radius 1 is 1.33 bits per heavy atom. The van der Waals surface area contributed by atoms with Crippen LogP contribution in [0.3, 0.4) is 0 Å². The molecule has 3 heterocycles. The quantitative estimate of drug-likeness (QED) is 0.795. The minimum atomic E-state index is -1.08. The molecule has 1 aliphatic heterocycles. The highest BCUT2D eigenvalue weighted by atomic mass is 28.3. The van der Waals surface area contributed by atoms with Gasteiger partial charge in [0.2, 0.25) is 0 Å². The highest BCUT2D eigenvalue weighted by Gasteiger charge is 2.27. The SMILES string of the molecule is Cc1ncc2[nH]c(C(=O)NC3CCC[Si](C)(C)CC3)c(C)c2c1F. The van der Waals surface area contributed by atoms with Crippen molar-refractivity contribution in [2.45, 2.75) is 64.3 Å². The topological polar surface area (TPSA) is 57.8 Å². The molecule has 1 atom stereocenters. The maximum Gasteiger partial charge on any atom is 0.268 e. The molecular formula is C18H26FN3OSi. The van der Waals surface area contributed by atoms with Crippen LogP contribution < -0.4 is 5.32 Å². The summed E-state index contributed by atoms with van der Waals surface area (Å²) in [6.45, 7) is 8.28. The van der Waals surface area contributed by atoms with Gasteiger partial charge in [-0.05, 0) is 32.3 Å². The monoisotopic (exact) mass is 347 g/mol. The van der Waals surface area contributed by atoms with Crippen LogP contribution in [-0.4, -0.2) is 30.0 Å². The van der Waals surface area contributed by atoms with Gasteiger partial charge in [0.1, 0.15) is 5.69 Å². The molecule has 1 unspecified atom stereocenters. The number of nitrogens with one attached hydrogen (secondary N) is 2. The van der Waals surface area contributed by atoms with E-state index in [0.29, 0.717) is 27.9 Å². The average molecular weight is 348 g/mol. The summed E-state index contributed by atoms with van der Waals surface area (Å²) in [5, 5.41) is 3.63. The Labute approximate surface area is 143 Å². The molecule has 2 aromatic heterocycles. The van der Waals surface area contributed by atoms with Crippen molar-refractivity contribution in [1.29, 1.82) is 0 Å². The van der Waals surface area contributed by atoms with E-state index in [1.807, 2.05) is 0 Å². The fraction of sp³-hybridized carbons (Fsp3) is 0.556. The molecule has 4 nitrogen and oxygen atoms in total. The van der Waals surface area contributed by atoms with Gasteiger partial charge >= 0.3 is 0 Å². The van der Waals surface area contributed by atoms with Crippen molar-refractivity contribution in [2.75, 3.05) is 0 Å². The number of fused-ring (bicyclic) bond motifs is 1. The lowest BCUT2D eigenvalue weighted by Gasteiger charge is -2.20. The molecular weight excluding hydrogens is 321 g/mol. The van der Waals surface area contributed by atoms with E-state index in [2.05, 4.69) is 28.4 Å².